The Balaban J connectivity index is -0.0000000800. The van der Waals surface area contributed by atoms with E-state index in [2.05, 4.69) is 0 Å². The smallest absolute Gasteiger partial charge is 0.822 e. The Morgan fingerprint density at radius 1 is 1.22 bits per heavy atom. The van der Waals surface area contributed by atoms with Crippen LogP contribution in [0.3, 0.4) is 0 Å². The summed E-state index contributed by atoms with van der Waals surface area (Å²) in [5, 5.41) is 0. The Bertz CT molecular complexity index is 85.0. The molecule has 0 spiro atoms. The minimum Gasteiger partial charge on any atom is -0.822 e. The van der Waals surface area contributed by atoms with E-state index in [1.165, 1.54) is 0 Å². The van der Waals surface area contributed by atoms with Crippen LogP contribution in [-0.4, -0.2) is 0 Å². The zero-order chi connectivity index (χ0) is 7.21. The Kier molecular flexibility index (Phi) is 15.8. The van der Waals surface area contributed by atoms with Gasteiger partial charge in [0, 0.05) is 0 Å². The molecule has 0 heterocycles. The number of hydrogen-bond donors (Lipinski definition) is 0. The quantitative estimate of drug-likeness (QED) is 0.306. The van der Waals surface area contributed by atoms with Crippen LogP contribution in [0.4, 0.5) is 0 Å². The molecule has 0 aromatic heterocycles. The van der Waals surface area contributed by atoms with Gasteiger partial charge in [0.2, 0.25) is 0 Å². The minimum absolute atomic E-state index is 0. The van der Waals surface area contributed by atoms with Gasteiger partial charge >= 0.3 is 17.1 Å². The first-order chi connectivity index (χ1) is 3.41. The van der Waals surface area contributed by atoms with Crippen LogP contribution in [0.5, 0.6) is 0 Å². The molecule has 0 aromatic carbocycles. The second kappa shape index (κ2) is 8.69. The molecule has 9 heavy (non-hydrogen) atoms. The summed E-state index contributed by atoms with van der Waals surface area (Å²) in [7, 11) is -6.47. The van der Waals surface area contributed by atoms with Gasteiger partial charge in [0.1, 0.15) is 0 Å². The SMILES string of the molecule is O=P([O-])([O-])[O-].O=P[O-].[Mn+4]. The van der Waals surface area contributed by atoms with Crippen LogP contribution in [0, 0.1) is 0 Å². The molecule has 0 aliphatic heterocycles. The van der Waals surface area contributed by atoms with E-state index in [1.54, 1.807) is 0 Å². The summed E-state index contributed by atoms with van der Waals surface area (Å²) in [4.78, 5) is 34.0. The van der Waals surface area contributed by atoms with Gasteiger partial charge < -0.3 is 24.1 Å². The van der Waals surface area contributed by atoms with Crippen molar-refractivity contribution in [1.82, 2.24) is 0 Å². The van der Waals surface area contributed by atoms with Crippen molar-refractivity contribution < 1.29 is 45.8 Å². The van der Waals surface area contributed by atoms with Crippen molar-refractivity contribution in [2.24, 2.45) is 0 Å². The fourth-order valence-electron chi connectivity index (χ4n) is 0. The monoisotopic (exact) mass is 213 g/mol. The van der Waals surface area contributed by atoms with Crippen LogP contribution in [0.2, 0.25) is 0 Å². The minimum atomic E-state index is -5.39. The van der Waals surface area contributed by atoms with Crippen LogP contribution in [0.1, 0.15) is 0 Å². The van der Waals surface area contributed by atoms with Gasteiger partial charge in [-0.15, -0.1) is 0 Å². The van der Waals surface area contributed by atoms with Crippen LogP contribution in [0.25, 0.3) is 0 Å². The van der Waals surface area contributed by atoms with Crippen molar-refractivity contribution >= 4 is 16.5 Å². The van der Waals surface area contributed by atoms with Crippen molar-refractivity contribution in [2.75, 3.05) is 0 Å². The van der Waals surface area contributed by atoms with Crippen LogP contribution >= 0.6 is 16.5 Å². The third kappa shape index (κ3) is 818. The standard InChI is InChI=1S/Mn.H3O4P.HO2P/c;1-5(2,3)4;1-3-2/h;(H3,1,2,3,4);(H,1,2)/q+4;;/p-4. The molecule has 6 nitrogen and oxygen atoms in total. The maximum absolute atomic E-state index is 8.55. The predicted octanol–water partition coefficient (Wildman–Crippen LogP) is -3.27. The van der Waals surface area contributed by atoms with Crippen LogP contribution < -0.4 is 19.6 Å². The molecule has 0 aliphatic rings. The third-order valence-corrected chi connectivity index (χ3v) is 0. The molecule has 0 bridgehead atoms. The second-order valence-corrected chi connectivity index (χ2v) is 1.57. The van der Waals surface area contributed by atoms with Crippen molar-refractivity contribution in [3.05, 3.63) is 0 Å². The molecule has 0 N–H and O–H groups in total. The van der Waals surface area contributed by atoms with E-state index in [4.69, 9.17) is 28.7 Å². The van der Waals surface area contributed by atoms with Gasteiger partial charge in [0.05, 0.1) is 8.69 Å². The Labute approximate surface area is 62.9 Å². The first-order valence-corrected chi connectivity index (χ1v) is 3.29. The van der Waals surface area contributed by atoms with E-state index in [0.717, 1.165) is 0 Å². The maximum Gasteiger partial charge on any atom is 4.00 e. The van der Waals surface area contributed by atoms with Gasteiger partial charge in [-0.3, -0.25) is 4.57 Å². The van der Waals surface area contributed by atoms with Crippen molar-refractivity contribution in [2.45, 2.75) is 0 Å². The average Bonchev–Trinajstić information content (AvgIpc) is 1.27. The topological polar surface area (TPSA) is 126 Å². The molecule has 0 unspecified atom stereocenters. The van der Waals surface area contributed by atoms with E-state index in [9.17, 15) is 0 Å². The molecule has 0 atom stereocenters. The van der Waals surface area contributed by atoms with E-state index in [1.807, 2.05) is 0 Å². The molecule has 0 rings (SSSR count). The number of phosphoric acid groups is 1. The second-order valence-electron chi connectivity index (χ2n) is 0.522. The maximum atomic E-state index is 8.55. The first kappa shape index (κ1) is 16.3. The van der Waals surface area contributed by atoms with Crippen molar-refractivity contribution in [3.8, 4) is 0 Å². The van der Waals surface area contributed by atoms with Gasteiger partial charge in [-0.1, -0.05) is 0 Å². The summed E-state index contributed by atoms with van der Waals surface area (Å²) in [6.45, 7) is 0. The van der Waals surface area contributed by atoms with Crippen LogP contribution in [0.15, 0.2) is 0 Å². The number of rotatable bonds is 0. The molecular formula is MnO6P2. The molecule has 0 aliphatic carbocycles. The summed E-state index contributed by atoms with van der Waals surface area (Å²) < 4.78 is 16.9. The first-order valence-electron chi connectivity index (χ1n) is 1.10. The molecular weight excluding hydrogens is 213 g/mol. The Morgan fingerprint density at radius 3 is 1.22 bits per heavy atom. The van der Waals surface area contributed by atoms with Gasteiger partial charge in [0.15, 0.2) is 0 Å². The largest absolute Gasteiger partial charge is 4.00 e. The summed E-state index contributed by atoms with van der Waals surface area (Å²) >= 11 is 0. The molecule has 0 amide bonds. The molecule has 0 saturated heterocycles. The fraction of sp³-hybridized carbons (Fsp3) is 0. The average molecular weight is 213 g/mol. The normalized spacial score (nSPS) is 8.89. The van der Waals surface area contributed by atoms with Gasteiger partial charge in [-0.05, 0) is 0 Å². The van der Waals surface area contributed by atoms with Gasteiger partial charge in [-0.2, -0.15) is 7.82 Å². The Hall–Kier alpha value is 0.689. The summed E-state index contributed by atoms with van der Waals surface area (Å²) in [5.74, 6) is 0. The number of hydrogen-bond acceptors (Lipinski definition) is 6. The van der Waals surface area contributed by atoms with E-state index in [-0.39, 0.29) is 17.1 Å². The Morgan fingerprint density at radius 2 is 1.22 bits per heavy atom. The third-order valence-electron chi connectivity index (χ3n) is 0. The van der Waals surface area contributed by atoms with Crippen LogP contribution in [-0.2, 0) is 26.2 Å². The summed E-state index contributed by atoms with van der Waals surface area (Å²) in [6.07, 6.45) is 0. The van der Waals surface area contributed by atoms with Gasteiger partial charge in [-0.25, -0.2) is 0 Å². The van der Waals surface area contributed by atoms with Crippen molar-refractivity contribution in [3.63, 3.8) is 0 Å². The fourth-order valence-corrected chi connectivity index (χ4v) is 0. The zero-order valence-electron chi connectivity index (χ0n) is 3.72. The van der Waals surface area contributed by atoms with E-state index in [0.29, 0.717) is 0 Å². The molecule has 0 aromatic rings. The predicted molar refractivity (Wildman–Crippen MR) is 15.2 cm³/mol. The van der Waals surface area contributed by atoms with Crippen molar-refractivity contribution in [1.29, 1.82) is 0 Å². The summed E-state index contributed by atoms with van der Waals surface area (Å²) in [6, 6.07) is 0. The van der Waals surface area contributed by atoms with E-state index >= 15 is 0 Å². The molecule has 53 valence electrons. The van der Waals surface area contributed by atoms with E-state index < -0.39 is 16.5 Å². The summed E-state index contributed by atoms with van der Waals surface area (Å²) in [5.41, 5.74) is 0. The van der Waals surface area contributed by atoms with Gasteiger partial charge in [0.25, 0.3) is 0 Å². The molecule has 1 radical (unpaired) electrons. The molecule has 0 fully saturated rings. The zero-order valence-corrected chi connectivity index (χ0v) is 6.69. The molecule has 9 heteroatoms. The molecule has 0 saturated carbocycles.